The highest BCUT2D eigenvalue weighted by molar-refractivity contribution is 5.95. The summed E-state index contributed by atoms with van der Waals surface area (Å²) in [5, 5.41) is 2.44. The van der Waals surface area contributed by atoms with Crippen LogP contribution in [0.25, 0.3) is 0 Å². The second kappa shape index (κ2) is 8.20. The standard InChI is InChI=1S/C18H19F2N3O3/c19-13-3-4-15(14(20)10-13)21-18(25)12-23-7-5-22(6-8-23)11-16(24)17-2-1-9-26-17/h1-4,9-10H,5-8,11-12H2,(H,21,25). The number of ketones is 1. The van der Waals surface area contributed by atoms with Gasteiger partial charge in [-0.25, -0.2) is 8.78 Å². The van der Waals surface area contributed by atoms with Gasteiger partial charge in [-0.15, -0.1) is 0 Å². The predicted octanol–water partition coefficient (Wildman–Crippen LogP) is 2.00. The number of hydrogen-bond acceptors (Lipinski definition) is 5. The molecule has 3 rings (SSSR count). The maximum Gasteiger partial charge on any atom is 0.238 e. The van der Waals surface area contributed by atoms with Gasteiger partial charge in [-0.05, 0) is 24.3 Å². The van der Waals surface area contributed by atoms with Crippen LogP contribution in [0.4, 0.5) is 14.5 Å². The van der Waals surface area contributed by atoms with Crippen molar-refractivity contribution in [3.05, 3.63) is 54.0 Å². The van der Waals surface area contributed by atoms with Crippen LogP contribution >= 0.6 is 0 Å². The number of furan rings is 1. The van der Waals surface area contributed by atoms with Gasteiger partial charge in [0.25, 0.3) is 0 Å². The Morgan fingerprint density at radius 2 is 1.73 bits per heavy atom. The number of anilines is 1. The van der Waals surface area contributed by atoms with Crippen molar-refractivity contribution < 1.29 is 22.8 Å². The van der Waals surface area contributed by atoms with E-state index in [1.807, 2.05) is 9.80 Å². The van der Waals surface area contributed by atoms with Gasteiger partial charge in [0.1, 0.15) is 11.6 Å². The topological polar surface area (TPSA) is 65.8 Å². The zero-order valence-corrected chi connectivity index (χ0v) is 14.1. The van der Waals surface area contributed by atoms with Gasteiger partial charge in [0, 0.05) is 32.2 Å². The van der Waals surface area contributed by atoms with Gasteiger partial charge in [-0.1, -0.05) is 0 Å². The minimum Gasteiger partial charge on any atom is -0.461 e. The molecule has 0 saturated carbocycles. The Bertz CT molecular complexity index is 772. The average Bonchev–Trinajstić information content (AvgIpc) is 3.14. The number of nitrogens with zero attached hydrogens (tertiary/aromatic N) is 2. The van der Waals surface area contributed by atoms with E-state index in [2.05, 4.69) is 5.32 Å². The molecule has 2 aromatic rings. The second-order valence-corrected chi connectivity index (χ2v) is 6.13. The molecule has 0 radical (unpaired) electrons. The number of carbonyl (C=O) groups excluding carboxylic acids is 2. The first-order valence-electron chi connectivity index (χ1n) is 8.27. The van der Waals surface area contributed by atoms with Crippen molar-refractivity contribution in [2.24, 2.45) is 0 Å². The summed E-state index contributed by atoms with van der Waals surface area (Å²) in [6, 6.07) is 6.32. The molecule has 1 aromatic carbocycles. The number of carbonyl (C=O) groups is 2. The number of amides is 1. The maximum atomic E-state index is 13.6. The van der Waals surface area contributed by atoms with Crippen molar-refractivity contribution in [3.63, 3.8) is 0 Å². The molecule has 26 heavy (non-hydrogen) atoms. The summed E-state index contributed by atoms with van der Waals surface area (Å²) in [7, 11) is 0. The predicted molar refractivity (Wildman–Crippen MR) is 90.9 cm³/mol. The summed E-state index contributed by atoms with van der Waals surface area (Å²) < 4.78 is 31.5. The third-order valence-electron chi connectivity index (χ3n) is 4.20. The third-order valence-corrected chi connectivity index (χ3v) is 4.20. The van der Waals surface area contributed by atoms with Crippen LogP contribution in [0, 0.1) is 11.6 Å². The fraction of sp³-hybridized carbons (Fsp3) is 0.333. The zero-order valence-electron chi connectivity index (χ0n) is 14.1. The normalized spacial score (nSPS) is 15.8. The van der Waals surface area contributed by atoms with E-state index in [0.29, 0.717) is 31.9 Å². The smallest absolute Gasteiger partial charge is 0.238 e. The number of halogens is 2. The fourth-order valence-corrected chi connectivity index (χ4v) is 2.81. The minimum atomic E-state index is -0.806. The Labute approximate surface area is 149 Å². The zero-order chi connectivity index (χ0) is 18.5. The first-order valence-corrected chi connectivity index (χ1v) is 8.27. The average molecular weight is 363 g/mol. The highest BCUT2D eigenvalue weighted by Crippen LogP contribution is 2.15. The van der Waals surface area contributed by atoms with Gasteiger partial charge in [-0.2, -0.15) is 0 Å². The highest BCUT2D eigenvalue weighted by Gasteiger charge is 2.22. The molecule has 2 heterocycles. The quantitative estimate of drug-likeness (QED) is 0.796. The van der Waals surface area contributed by atoms with E-state index in [9.17, 15) is 18.4 Å². The number of piperazine rings is 1. The monoisotopic (exact) mass is 363 g/mol. The van der Waals surface area contributed by atoms with E-state index in [1.54, 1.807) is 12.1 Å². The van der Waals surface area contributed by atoms with Crippen molar-refractivity contribution in [1.29, 1.82) is 0 Å². The SMILES string of the molecule is O=C(CN1CCN(CC(=O)c2ccco2)CC1)Nc1ccc(F)cc1F. The molecule has 6 nitrogen and oxygen atoms in total. The molecule has 8 heteroatoms. The van der Waals surface area contributed by atoms with Crippen LogP contribution < -0.4 is 5.32 Å². The molecule has 0 aliphatic carbocycles. The maximum absolute atomic E-state index is 13.6. The molecule has 0 atom stereocenters. The molecule has 1 aliphatic rings. The molecule has 1 fully saturated rings. The molecule has 0 spiro atoms. The highest BCUT2D eigenvalue weighted by atomic mass is 19.1. The minimum absolute atomic E-state index is 0.0425. The lowest BCUT2D eigenvalue weighted by Gasteiger charge is -2.33. The largest absolute Gasteiger partial charge is 0.461 e. The van der Waals surface area contributed by atoms with Crippen LogP contribution in [0.1, 0.15) is 10.6 Å². The summed E-state index contributed by atoms with van der Waals surface area (Å²) in [6.07, 6.45) is 1.47. The second-order valence-electron chi connectivity index (χ2n) is 6.13. The van der Waals surface area contributed by atoms with Crippen molar-refractivity contribution in [3.8, 4) is 0 Å². The summed E-state index contributed by atoms with van der Waals surface area (Å²) in [5.74, 6) is -1.60. The molecular formula is C18H19F2N3O3. The Kier molecular flexibility index (Phi) is 5.75. The van der Waals surface area contributed by atoms with Crippen molar-refractivity contribution in [1.82, 2.24) is 9.80 Å². The molecule has 0 unspecified atom stereocenters. The van der Waals surface area contributed by atoms with Crippen LogP contribution in [0.2, 0.25) is 0 Å². The number of rotatable bonds is 6. The van der Waals surface area contributed by atoms with Crippen LogP contribution in [0.5, 0.6) is 0 Å². The van der Waals surface area contributed by atoms with Gasteiger partial charge in [0.05, 0.1) is 25.0 Å². The molecule has 138 valence electrons. The molecule has 1 saturated heterocycles. The lowest BCUT2D eigenvalue weighted by molar-refractivity contribution is -0.117. The lowest BCUT2D eigenvalue weighted by atomic mass is 10.2. The van der Waals surface area contributed by atoms with Crippen LogP contribution in [-0.4, -0.2) is 60.8 Å². The summed E-state index contributed by atoms with van der Waals surface area (Å²) in [4.78, 5) is 28.0. The van der Waals surface area contributed by atoms with Crippen LogP contribution in [-0.2, 0) is 4.79 Å². The fourth-order valence-electron chi connectivity index (χ4n) is 2.81. The Morgan fingerprint density at radius 1 is 1.04 bits per heavy atom. The van der Waals surface area contributed by atoms with E-state index in [4.69, 9.17) is 4.42 Å². The summed E-state index contributed by atoms with van der Waals surface area (Å²) in [6.45, 7) is 2.90. The first kappa shape index (κ1) is 18.2. The summed E-state index contributed by atoms with van der Waals surface area (Å²) in [5.41, 5.74) is -0.0425. The Hall–Kier alpha value is -2.58. The molecule has 1 aliphatic heterocycles. The molecule has 1 N–H and O–H groups in total. The van der Waals surface area contributed by atoms with Crippen molar-refractivity contribution in [2.75, 3.05) is 44.6 Å². The molecular weight excluding hydrogens is 344 g/mol. The van der Waals surface area contributed by atoms with E-state index in [0.717, 1.165) is 12.1 Å². The van der Waals surface area contributed by atoms with Gasteiger partial charge < -0.3 is 9.73 Å². The lowest BCUT2D eigenvalue weighted by Crippen LogP contribution is -2.49. The van der Waals surface area contributed by atoms with Gasteiger partial charge >= 0.3 is 0 Å². The summed E-state index contributed by atoms with van der Waals surface area (Å²) >= 11 is 0. The molecule has 0 bridgehead atoms. The van der Waals surface area contributed by atoms with Crippen molar-refractivity contribution in [2.45, 2.75) is 0 Å². The van der Waals surface area contributed by atoms with E-state index >= 15 is 0 Å². The Balaban J connectivity index is 1.43. The number of Topliss-reactive ketones (excluding diaryl/α,β-unsaturated/α-hetero) is 1. The van der Waals surface area contributed by atoms with E-state index in [1.165, 1.54) is 12.3 Å². The molecule has 1 amide bonds. The van der Waals surface area contributed by atoms with E-state index in [-0.39, 0.29) is 30.5 Å². The first-order chi connectivity index (χ1) is 12.5. The van der Waals surface area contributed by atoms with E-state index < -0.39 is 11.6 Å². The van der Waals surface area contributed by atoms with Crippen LogP contribution in [0.15, 0.2) is 41.0 Å². The third kappa shape index (κ3) is 4.74. The number of nitrogens with one attached hydrogen (secondary N) is 1. The number of hydrogen-bond donors (Lipinski definition) is 1. The van der Waals surface area contributed by atoms with Crippen LogP contribution in [0.3, 0.4) is 0 Å². The number of benzene rings is 1. The Morgan fingerprint density at radius 3 is 2.35 bits per heavy atom. The van der Waals surface area contributed by atoms with Gasteiger partial charge in [-0.3, -0.25) is 19.4 Å². The van der Waals surface area contributed by atoms with Gasteiger partial charge in [0.2, 0.25) is 11.7 Å². The van der Waals surface area contributed by atoms with Gasteiger partial charge in [0.15, 0.2) is 5.76 Å². The molecule has 1 aromatic heterocycles. The van der Waals surface area contributed by atoms with Crippen molar-refractivity contribution >= 4 is 17.4 Å².